The zero-order valence-electron chi connectivity index (χ0n) is 10.7. The summed E-state index contributed by atoms with van der Waals surface area (Å²) >= 11 is 0. The number of halogens is 1. The molecule has 0 bridgehead atoms. The van der Waals surface area contributed by atoms with Crippen LogP contribution in [-0.2, 0) is 11.3 Å². The van der Waals surface area contributed by atoms with Gasteiger partial charge < -0.3 is 10.4 Å². The normalized spacial score (nSPS) is 26.6. The maximum Gasteiger partial charge on any atom is 0.223 e. The first-order valence-electron chi connectivity index (χ1n) is 6.13. The molecule has 2 rings (SSSR count). The summed E-state index contributed by atoms with van der Waals surface area (Å²) in [5, 5.41) is 12.3. The molecule has 1 fully saturated rings. The standard InChI is InChI=1S/C14H18FNO2/c1-9-4-3-5-12(15)11(9)8-16-13(17)10-6-14(2,18)7-10/h3-5,10,18H,6-8H2,1-2H3,(H,16,17). The molecule has 1 aliphatic carbocycles. The molecule has 98 valence electrons. The van der Waals surface area contributed by atoms with Gasteiger partial charge in [0.15, 0.2) is 0 Å². The second kappa shape index (κ2) is 4.69. The Morgan fingerprint density at radius 3 is 2.78 bits per heavy atom. The van der Waals surface area contributed by atoms with Crippen LogP contribution in [0.4, 0.5) is 4.39 Å². The van der Waals surface area contributed by atoms with Crippen molar-refractivity contribution in [2.75, 3.05) is 0 Å². The van der Waals surface area contributed by atoms with E-state index in [1.807, 2.05) is 13.0 Å². The lowest BCUT2D eigenvalue weighted by Crippen LogP contribution is -2.48. The van der Waals surface area contributed by atoms with Crippen molar-refractivity contribution in [3.8, 4) is 0 Å². The number of hydrogen-bond acceptors (Lipinski definition) is 2. The van der Waals surface area contributed by atoms with Crippen molar-refractivity contribution >= 4 is 5.91 Å². The van der Waals surface area contributed by atoms with E-state index in [9.17, 15) is 14.3 Å². The van der Waals surface area contributed by atoms with Crippen molar-refractivity contribution in [3.05, 3.63) is 35.1 Å². The SMILES string of the molecule is Cc1cccc(F)c1CNC(=O)C1CC(C)(O)C1. The second-order valence-corrected chi connectivity index (χ2v) is 5.36. The summed E-state index contributed by atoms with van der Waals surface area (Å²) in [6.07, 6.45) is 0.962. The van der Waals surface area contributed by atoms with Crippen LogP contribution in [0, 0.1) is 18.7 Å². The van der Waals surface area contributed by atoms with Gasteiger partial charge in [-0.15, -0.1) is 0 Å². The van der Waals surface area contributed by atoms with E-state index >= 15 is 0 Å². The predicted octanol–water partition coefficient (Wildman–Crippen LogP) is 1.91. The Balaban J connectivity index is 1.91. The molecule has 1 amide bonds. The fraction of sp³-hybridized carbons (Fsp3) is 0.500. The van der Waals surface area contributed by atoms with Crippen molar-refractivity contribution in [2.45, 2.75) is 38.8 Å². The van der Waals surface area contributed by atoms with Crippen LogP contribution in [0.3, 0.4) is 0 Å². The first-order chi connectivity index (χ1) is 8.39. The molecule has 0 heterocycles. The van der Waals surface area contributed by atoms with Gasteiger partial charge in [-0.05, 0) is 38.3 Å². The monoisotopic (exact) mass is 251 g/mol. The third-order valence-corrected chi connectivity index (χ3v) is 3.54. The van der Waals surface area contributed by atoms with Gasteiger partial charge in [-0.25, -0.2) is 4.39 Å². The molecule has 3 nitrogen and oxygen atoms in total. The molecule has 18 heavy (non-hydrogen) atoms. The number of rotatable bonds is 3. The number of benzene rings is 1. The molecule has 1 aromatic rings. The van der Waals surface area contributed by atoms with E-state index in [-0.39, 0.29) is 24.2 Å². The quantitative estimate of drug-likeness (QED) is 0.862. The zero-order chi connectivity index (χ0) is 13.3. The van der Waals surface area contributed by atoms with Crippen molar-refractivity contribution < 1.29 is 14.3 Å². The zero-order valence-corrected chi connectivity index (χ0v) is 10.7. The lowest BCUT2D eigenvalue weighted by molar-refractivity contribution is -0.139. The van der Waals surface area contributed by atoms with Crippen LogP contribution in [0.2, 0.25) is 0 Å². The van der Waals surface area contributed by atoms with Gasteiger partial charge in [0.1, 0.15) is 5.82 Å². The van der Waals surface area contributed by atoms with E-state index in [0.29, 0.717) is 18.4 Å². The molecule has 0 atom stereocenters. The van der Waals surface area contributed by atoms with Crippen LogP contribution in [0.5, 0.6) is 0 Å². The minimum atomic E-state index is -0.712. The van der Waals surface area contributed by atoms with Crippen LogP contribution in [-0.4, -0.2) is 16.6 Å². The van der Waals surface area contributed by atoms with Gasteiger partial charge in [0.25, 0.3) is 0 Å². The van der Waals surface area contributed by atoms with Crippen molar-refractivity contribution in [3.63, 3.8) is 0 Å². The Kier molecular flexibility index (Phi) is 3.39. The number of amides is 1. The second-order valence-electron chi connectivity index (χ2n) is 5.36. The maximum absolute atomic E-state index is 13.5. The number of carbonyl (C=O) groups excluding carboxylic acids is 1. The summed E-state index contributed by atoms with van der Waals surface area (Å²) in [5.74, 6) is -0.549. The summed E-state index contributed by atoms with van der Waals surface area (Å²) < 4.78 is 13.5. The molecule has 4 heteroatoms. The lowest BCUT2D eigenvalue weighted by atomic mass is 9.72. The maximum atomic E-state index is 13.5. The minimum Gasteiger partial charge on any atom is -0.390 e. The van der Waals surface area contributed by atoms with Crippen LogP contribution in [0.1, 0.15) is 30.9 Å². The predicted molar refractivity (Wildman–Crippen MR) is 66.3 cm³/mol. The van der Waals surface area contributed by atoms with E-state index in [1.54, 1.807) is 13.0 Å². The molecule has 0 aromatic heterocycles. The molecular formula is C14H18FNO2. The first-order valence-corrected chi connectivity index (χ1v) is 6.13. The highest BCUT2D eigenvalue weighted by Crippen LogP contribution is 2.37. The van der Waals surface area contributed by atoms with Gasteiger partial charge in [0.2, 0.25) is 5.91 Å². The number of carbonyl (C=O) groups is 1. The van der Waals surface area contributed by atoms with Gasteiger partial charge in [0.05, 0.1) is 5.60 Å². The molecule has 2 N–H and O–H groups in total. The van der Waals surface area contributed by atoms with E-state index in [2.05, 4.69) is 5.32 Å². The summed E-state index contributed by atoms with van der Waals surface area (Å²) in [6, 6.07) is 4.86. The van der Waals surface area contributed by atoms with E-state index < -0.39 is 5.60 Å². The van der Waals surface area contributed by atoms with Gasteiger partial charge in [-0.1, -0.05) is 12.1 Å². The van der Waals surface area contributed by atoms with Crippen LogP contribution < -0.4 is 5.32 Å². The fourth-order valence-corrected chi connectivity index (χ4v) is 2.40. The average Bonchev–Trinajstić information content (AvgIpc) is 2.24. The Bertz CT molecular complexity index is 443. The Morgan fingerprint density at radius 1 is 1.56 bits per heavy atom. The molecular weight excluding hydrogens is 233 g/mol. The number of aryl methyl sites for hydroxylation is 1. The third-order valence-electron chi connectivity index (χ3n) is 3.54. The Hall–Kier alpha value is -1.42. The van der Waals surface area contributed by atoms with Gasteiger partial charge in [-0.2, -0.15) is 0 Å². The molecule has 1 saturated carbocycles. The van der Waals surface area contributed by atoms with Gasteiger partial charge >= 0.3 is 0 Å². The summed E-state index contributed by atoms with van der Waals surface area (Å²) in [5.41, 5.74) is 0.642. The Labute approximate surface area is 106 Å². The molecule has 1 aliphatic rings. The molecule has 0 radical (unpaired) electrons. The molecule has 0 saturated heterocycles. The average molecular weight is 251 g/mol. The summed E-state index contributed by atoms with van der Waals surface area (Å²) in [4.78, 5) is 11.8. The number of aliphatic hydroxyl groups is 1. The van der Waals surface area contributed by atoms with Crippen molar-refractivity contribution in [1.82, 2.24) is 5.32 Å². The van der Waals surface area contributed by atoms with Crippen LogP contribution in [0.25, 0.3) is 0 Å². The van der Waals surface area contributed by atoms with E-state index in [1.165, 1.54) is 6.07 Å². The van der Waals surface area contributed by atoms with Gasteiger partial charge in [0, 0.05) is 18.0 Å². The fourth-order valence-electron chi connectivity index (χ4n) is 2.40. The van der Waals surface area contributed by atoms with Crippen molar-refractivity contribution in [2.24, 2.45) is 5.92 Å². The lowest BCUT2D eigenvalue weighted by Gasteiger charge is -2.39. The van der Waals surface area contributed by atoms with Crippen molar-refractivity contribution in [1.29, 1.82) is 0 Å². The van der Waals surface area contributed by atoms with E-state index in [4.69, 9.17) is 0 Å². The number of hydrogen-bond donors (Lipinski definition) is 2. The molecule has 0 aliphatic heterocycles. The minimum absolute atomic E-state index is 0.107. The summed E-state index contributed by atoms with van der Waals surface area (Å²) in [6.45, 7) is 3.74. The van der Waals surface area contributed by atoms with E-state index in [0.717, 1.165) is 5.56 Å². The third kappa shape index (κ3) is 2.70. The van der Waals surface area contributed by atoms with Gasteiger partial charge in [-0.3, -0.25) is 4.79 Å². The topological polar surface area (TPSA) is 49.3 Å². The molecule has 1 aromatic carbocycles. The highest BCUT2D eigenvalue weighted by molar-refractivity contribution is 5.79. The molecule has 0 unspecified atom stereocenters. The number of nitrogens with one attached hydrogen (secondary N) is 1. The Morgan fingerprint density at radius 2 is 2.22 bits per heavy atom. The smallest absolute Gasteiger partial charge is 0.223 e. The van der Waals surface area contributed by atoms with Crippen LogP contribution in [0.15, 0.2) is 18.2 Å². The highest BCUT2D eigenvalue weighted by atomic mass is 19.1. The largest absolute Gasteiger partial charge is 0.390 e. The first kappa shape index (κ1) is 13.0. The summed E-state index contributed by atoms with van der Waals surface area (Å²) in [7, 11) is 0. The molecule has 0 spiro atoms. The highest BCUT2D eigenvalue weighted by Gasteiger charge is 2.42. The van der Waals surface area contributed by atoms with Crippen LogP contribution >= 0.6 is 0 Å².